The quantitative estimate of drug-likeness (QED) is 0.808. The van der Waals surface area contributed by atoms with Crippen LogP contribution in [0.2, 0.25) is 5.02 Å². The first-order chi connectivity index (χ1) is 8.74. The van der Waals surface area contributed by atoms with Gasteiger partial charge in [0.05, 0.1) is 0 Å². The van der Waals surface area contributed by atoms with E-state index < -0.39 is 10.4 Å². The number of nitrogens with one attached hydrogen (secondary N) is 1. The number of amides is 1. The highest BCUT2D eigenvalue weighted by molar-refractivity contribution is 6.53. The third kappa shape index (κ3) is 4.87. The Bertz CT molecular complexity index is 431. The van der Waals surface area contributed by atoms with Crippen LogP contribution in [0.4, 0.5) is 0 Å². The Kier molecular flexibility index (Phi) is 5.97. The van der Waals surface area contributed by atoms with Gasteiger partial charge >= 0.3 is 0 Å². The number of benzene rings is 1. The molecule has 0 bridgehead atoms. The molecule has 0 saturated heterocycles. The van der Waals surface area contributed by atoms with Gasteiger partial charge in [-0.05, 0) is 37.0 Å². The fraction of sp³-hybridized carbons (Fsp3) is 0.500. The van der Waals surface area contributed by atoms with Gasteiger partial charge in [-0.1, -0.05) is 60.8 Å². The Balaban J connectivity index is 2.87. The van der Waals surface area contributed by atoms with Crippen LogP contribution in [0, 0.1) is 5.92 Å². The second kappa shape index (κ2) is 6.83. The minimum absolute atomic E-state index is 0.235. The number of hydrogen-bond donors (Lipinski definition) is 1. The van der Waals surface area contributed by atoms with Gasteiger partial charge in [0.2, 0.25) is 0 Å². The summed E-state index contributed by atoms with van der Waals surface area (Å²) in [7, 11) is 0. The topological polar surface area (TPSA) is 29.1 Å². The third-order valence-electron chi connectivity index (χ3n) is 3.37. The molecule has 0 spiro atoms. The Morgan fingerprint density at radius 2 is 1.79 bits per heavy atom. The van der Waals surface area contributed by atoms with Crippen LogP contribution >= 0.6 is 34.8 Å². The van der Waals surface area contributed by atoms with Crippen LogP contribution < -0.4 is 5.32 Å². The number of carbonyl (C=O) groups is 1. The average Bonchev–Trinajstić information content (AvgIpc) is 2.31. The Morgan fingerprint density at radius 3 is 2.21 bits per heavy atom. The zero-order chi connectivity index (χ0) is 14.6. The molecule has 0 aliphatic heterocycles. The normalized spacial score (nSPS) is 14.5. The molecule has 106 valence electrons. The van der Waals surface area contributed by atoms with E-state index in [1.54, 1.807) is 0 Å². The zero-order valence-corrected chi connectivity index (χ0v) is 13.5. The van der Waals surface area contributed by atoms with Crippen molar-refractivity contribution in [1.29, 1.82) is 0 Å². The third-order valence-corrected chi connectivity index (χ3v) is 4.01. The van der Waals surface area contributed by atoms with Crippen molar-refractivity contribution in [3.63, 3.8) is 0 Å². The van der Waals surface area contributed by atoms with Gasteiger partial charge in [-0.2, -0.15) is 0 Å². The molecule has 2 nitrogen and oxygen atoms in total. The molecular formula is C14H18Cl3NO. The van der Waals surface area contributed by atoms with E-state index in [0.29, 0.717) is 11.4 Å². The second-order valence-corrected chi connectivity index (χ2v) is 6.70. The SMILES string of the molecule is CC(C)C(C)(Cc1ccc(Cl)cc1)NC(=O)C(Cl)Cl. The van der Waals surface area contributed by atoms with Crippen molar-refractivity contribution in [2.24, 2.45) is 5.92 Å². The molecular weight excluding hydrogens is 305 g/mol. The molecule has 1 N–H and O–H groups in total. The number of hydrogen-bond acceptors (Lipinski definition) is 1. The van der Waals surface area contributed by atoms with Crippen molar-refractivity contribution < 1.29 is 4.79 Å². The molecule has 19 heavy (non-hydrogen) atoms. The van der Waals surface area contributed by atoms with E-state index in [2.05, 4.69) is 5.32 Å². The average molecular weight is 323 g/mol. The lowest BCUT2D eigenvalue weighted by Crippen LogP contribution is -2.53. The largest absolute Gasteiger partial charge is 0.348 e. The predicted octanol–water partition coefficient (Wildman–Crippen LogP) is 4.22. The monoisotopic (exact) mass is 321 g/mol. The minimum atomic E-state index is -1.05. The van der Waals surface area contributed by atoms with E-state index in [-0.39, 0.29) is 11.8 Å². The van der Waals surface area contributed by atoms with Gasteiger partial charge in [0, 0.05) is 10.6 Å². The van der Waals surface area contributed by atoms with Gasteiger partial charge in [0.25, 0.3) is 5.91 Å². The predicted molar refractivity (Wildman–Crippen MR) is 82.0 cm³/mol. The van der Waals surface area contributed by atoms with Crippen molar-refractivity contribution in [3.8, 4) is 0 Å². The molecule has 0 aliphatic rings. The molecule has 0 saturated carbocycles. The van der Waals surface area contributed by atoms with Crippen LogP contribution in [-0.2, 0) is 11.2 Å². The minimum Gasteiger partial charge on any atom is -0.348 e. The second-order valence-electron chi connectivity index (χ2n) is 5.17. The molecule has 1 rings (SSSR count). The highest BCUT2D eigenvalue weighted by Gasteiger charge is 2.31. The molecule has 1 unspecified atom stereocenters. The molecule has 1 aromatic rings. The van der Waals surface area contributed by atoms with Crippen LogP contribution in [-0.4, -0.2) is 16.3 Å². The molecule has 5 heteroatoms. The van der Waals surface area contributed by atoms with Gasteiger partial charge in [-0.15, -0.1) is 0 Å². The van der Waals surface area contributed by atoms with Crippen LogP contribution in [0.5, 0.6) is 0 Å². The van der Waals surface area contributed by atoms with Crippen LogP contribution in [0.15, 0.2) is 24.3 Å². The van der Waals surface area contributed by atoms with Gasteiger partial charge in [-0.25, -0.2) is 0 Å². The summed E-state index contributed by atoms with van der Waals surface area (Å²) in [5.74, 6) is -0.132. The molecule has 0 radical (unpaired) electrons. The smallest absolute Gasteiger partial charge is 0.253 e. The van der Waals surface area contributed by atoms with E-state index >= 15 is 0 Å². The van der Waals surface area contributed by atoms with Gasteiger partial charge in [0.1, 0.15) is 0 Å². The molecule has 1 atom stereocenters. The first kappa shape index (κ1) is 16.6. The van der Waals surface area contributed by atoms with Crippen molar-refractivity contribution in [3.05, 3.63) is 34.9 Å². The van der Waals surface area contributed by atoms with E-state index in [9.17, 15) is 4.79 Å². The molecule has 1 amide bonds. The molecule has 1 aromatic carbocycles. The van der Waals surface area contributed by atoms with E-state index in [1.807, 2.05) is 45.0 Å². The molecule has 0 aromatic heterocycles. The summed E-state index contributed by atoms with van der Waals surface area (Å²) >= 11 is 17.1. The summed E-state index contributed by atoms with van der Waals surface area (Å²) in [6, 6.07) is 7.58. The van der Waals surface area contributed by atoms with Crippen molar-refractivity contribution in [2.75, 3.05) is 0 Å². The lowest BCUT2D eigenvalue weighted by atomic mass is 9.82. The molecule has 0 aliphatic carbocycles. The summed E-state index contributed by atoms with van der Waals surface area (Å²) in [6.45, 7) is 6.08. The maximum absolute atomic E-state index is 11.7. The summed E-state index contributed by atoms with van der Waals surface area (Å²) < 4.78 is 0. The van der Waals surface area contributed by atoms with Gasteiger partial charge < -0.3 is 5.32 Å². The van der Waals surface area contributed by atoms with Crippen molar-refractivity contribution in [1.82, 2.24) is 5.32 Å². The van der Waals surface area contributed by atoms with Crippen LogP contribution in [0.1, 0.15) is 26.3 Å². The molecule has 0 fully saturated rings. The van der Waals surface area contributed by atoms with Crippen LogP contribution in [0.25, 0.3) is 0 Å². The van der Waals surface area contributed by atoms with Gasteiger partial charge in [-0.3, -0.25) is 4.79 Å². The highest BCUT2D eigenvalue weighted by atomic mass is 35.5. The maximum atomic E-state index is 11.7. The first-order valence-corrected chi connectivity index (χ1v) is 7.34. The summed E-state index contributed by atoms with van der Waals surface area (Å²) in [5.41, 5.74) is 0.689. The molecule has 0 heterocycles. The summed E-state index contributed by atoms with van der Waals surface area (Å²) in [6.07, 6.45) is 0.689. The standard InChI is InChI=1S/C14H18Cl3NO/c1-9(2)14(3,18-13(19)12(16)17)8-10-4-6-11(15)7-5-10/h4-7,9,12H,8H2,1-3H3,(H,18,19). The number of halogens is 3. The Labute approximate surface area is 129 Å². The van der Waals surface area contributed by atoms with Gasteiger partial charge in [0.15, 0.2) is 4.84 Å². The lowest BCUT2D eigenvalue weighted by molar-refractivity contribution is -0.121. The fourth-order valence-electron chi connectivity index (χ4n) is 1.75. The highest BCUT2D eigenvalue weighted by Crippen LogP contribution is 2.24. The lowest BCUT2D eigenvalue weighted by Gasteiger charge is -2.35. The Morgan fingerprint density at radius 1 is 1.26 bits per heavy atom. The Hall–Kier alpha value is -0.440. The van der Waals surface area contributed by atoms with Crippen LogP contribution in [0.3, 0.4) is 0 Å². The number of alkyl halides is 2. The maximum Gasteiger partial charge on any atom is 0.253 e. The number of carbonyl (C=O) groups excluding carboxylic acids is 1. The first-order valence-electron chi connectivity index (χ1n) is 6.09. The summed E-state index contributed by atoms with van der Waals surface area (Å²) in [4.78, 5) is 10.7. The van der Waals surface area contributed by atoms with E-state index in [4.69, 9.17) is 34.8 Å². The van der Waals surface area contributed by atoms with Crippen molar-refractivity contribution >= 4 is 40.7 Å². The number of rotatable bonds is 5. The van der Waals surface area contributed by atoms with E-state index in [0.717, 1.165) is 5.56 Å². The zero-order valence-electron chi connectivity index (χ0n) is 11.2. The van der Waals surface area contributed by atoms with E-state index in [1.165, 1.54) is 0 Å². The summed E-state index contributed by atoms with van der Waals surface area (Å²) in [5, 5.41) is 3.61. The van der Waals surface area contributed by atoms with Crippen molar-refractivity contribution in [2.45, 2.75) is 37.6 Å². The fourth-order valence-corrected chi connectivity index (χ4v) is 1.99.